The van der Waals surface area contributed by atoms with Crippen molar-refractivity contribution in [2.75, 3.05) is 12.4 Å². The van der Waals surface area contributed by atoms with Crippen LogP contribution in [0.3, 0.4) is 0 Å². The highest BCUT2D eigenvalue weighted by Gasteiger charge is 2.10. The van der Waals surface area contributed by atoms with Crippen LogP contribution in [0, 0.1) is 0 Å². The van der Waals surface area contributed by atoms with Crippen LogP contribution in [0.5, 0.6) is 5.75 Å². The van der Waals surface area contributed by atoms with Gasteiger partial charge in [0.1, 0.15) is 11.4 Å². The fourth-order valence-corrected chi connectivity index (χ4v) is 1.60. The fourth-order valence-electron chi connectivity index (χ4n) is 1.44. The molecule has 0 aliphatic carbocycles. The number of benzene rings is 1. The Morgan fingerprint density at radius 3 is 2.82 bits per heavy atom. The summed E-state index contributed by atoms with van der Waals surface area (Å²) in [6.45, 7) is 0. The van der Waals surface area contributed by atoms with Crippen LogP contribution in [-0.4, -0.2) is 18.0 Å². The number of H-pyrrole nitrogens is 1. The number of ether oxygens (including phenoxy) is 1. The second-order valence-electron chi connectivity index (χ2n) is 3.39. The van der Waals surface area contributed by atoms with E-state index in [-0.39, 0.29) is 5.91 Å². The molecule has 88 valence electrons. The predicted octanol–water partition coefficient (Wildman–Crippen LogP) is 2.93. The molecule has 1 heterocycles. The van der Waals surface area contributed by atoms with Crippen LogP contribution in [0.1, 0.15) is 10.5 Å². The Balaban J connectivity index is 2.18. The summed E-state index contributed by atoms with van der Waals surface area (Å²) in [7, 11) is 1.55. The van der Waals surface area contributed by atoms with Crippen molar-refractivity contribution >= 4 is 23.2 Å². The van der Waals surface area contributed by atoms with Crippen molar-refractivity contribution < 1.29 is 9.53 Å². The van der Waals surface area contributed by atoms with Gasteiger partial charge in [0.15, 0.2) is 0 Å². The number of carbonyl (C=O) groups is 1. The molecule has 0 saturated heterocycles. The molecule has 2 aromatic rings. The van der Waals surface area contributed by atoms with Crippen LogP contribution < -0.4 is 10.1 Å². The number of methoxy groups -OCH3 is 1. The van der Waals surface area contributed by atoms with E-state index in [2.05, 4.69) is 10.3 Å². The lowest BCUT2D eigenvalue weighted by Crippen LogP contribution is -2.12. The molecular weight excluding hydrogens is 240 g/mol. The number of hydrogen-bond acceptors (Lipinski definition) is 2. The maximum atomic E-state index is 11.8. The average molecular weight is 251 g/mol. The molecule has 0 saturated carbocycles. The van der Waals surface area contributed by atoms with Gasteiger partial charge in [0.05, 0.1) is 17.8 Å². The topological polar surface area (TPSA) is 54.1 Å². The van der Waals surface area contributed by atoms with Gasteiger partial charge in [0.2, 0.25) is 0 Å². The molecule has 0 radical (unpaired) electrons. The number of para-hydroxylation sites is 2. The minimum absolute atomic E-state index is 0.263. The van der Waals surface area contributed by atoms with Crippen LogP contribution >= 0.6 is 11.6 Å². The van der Waals surface area contributed by atoms with Gasteiger partial charge < -0.3 is 15.0 Å². The second kappa shape index (κ2) is 4.93. The number of hydrogen-bond donors (Lipinski definition) is 2. The van der Waals surface area contributed by atoms with E-state index in [1.807, 2.05) is 12.1 Å². The zero-order chi connectivity index (χ0) is 12.3. The van der Waals surface area contributed by atoms with E-state index in [9.17, 15) is 4.79 Å². The summed E-state index contributed by atoms with van der Waals surface area (Å²) in [5, 5.41) is 3.23. The van der Waals surface area contributed by atoms with Gasteiger partial charge in [-0.05, 0) is 18.2 Å². The lowest BCUT2D eigenvalue weighted by Gasteiger charge is -2.08. The van der Waals surface area contributed by atoms with Crippen LogP contribution in [0.4, 0.5) is 5.69 Å². The zero-order valence-electron chi connectivity index (χ0n) is 9.16. The third-order valence-corrected chi connectivity index (χ3v) is 2.47. The summed E-state index contributed by atoms with van der Waals surface area (Å²) in [4.78, 5) is 14.6. The van der Waals surface area contributed by atoms with E-state index in [0.29, 0.717) is 22.2 Å². The molecule has 0 aliphatic rings. The maximum Gasteiger partial charge on any atom is 0.272 e. The van der Waals surface area contributed by atoms with E-state index in [1.165, 1.54) is 0 Å². The average Bonchev–Trinajstić information content (AvgIpc) is 2.77. The minimum atomic E-state index is -0.263. The molecule has 1 aromatic heterocycles. The molecule has 0 atom stereocenters. The number of nitrogens with one attached hydrogen (secondary N) is 2. The van der Waals surface area contributed by atoms with E-state index >= 15 is 0 Å². The van der Waals surface area contributed by atoms with Crippen LogP contribution in [0.25, 0.3) is 0 Å². The Labute approximate surface area is 104 Å². The quantitative estimate of drug-likeness (QED) is 0.880. The van der Waals surface area contributed by atoms with Crippen molar-refractivity contribution in [1.82, 2.24) is 4.98 Å². The highest BCUT2D eigenvalue weighted by atomic mass is 35.5. The minimum Gasteiger partial charge on any atom is -0.495 e. The molecule has 1 aromatic carbocycles. The van der Waals surface area contributed by atoms with Crippen molar-refractivity contribution in [3.8, 4) is 5.75 Å². The Bertz CT molecular complexity index is 537. The van der Waals surface area contributed by atoms with Gasteiger partial charge >= 0.3 is 0 Å². The lowest BCUT2D eigenvalue weighted by atomic mass is 10.3. The number of rotatable bonds is 3. The van der Waals surface area contributed by atoms with E-state index in [0.717, 1.165) is 0 Å². The smallest absolute Gasteiger partial charge is 0.272 e. The van der Waals surface area contributed by atoms with Gasteiger partial charge in [-0.1, -0.05) is 23.7 Å². The molecule has 17 heavy (non-hydrogen) atoms. The summed E-state index contributed by atoms with van der Waals surface area (Å²) in [6, 6.07) is 8.75. The van der Waals surface area contributed by atoms with Crippen LogP contribution in [0.2, 0.25) is 5.02 Å². The van der Waals surface area contributed by atoms with Gasteiger partial charge in [-0.3, -0.25) is 4.79 Å². The van der Waals surface area contributed by atoms with Gasteiger partial charge in [0.25, 0.3) is 5.91 Å². The van der Waals surface area contributed by atoms with Gasteiger partial charge in [-0.15, -0.1) is 0 Å². The predicted molar refractivity (Wildman–Crippen MR) is 66.7 cm³/mol. The first-order valence-electron chi connectivity index (χ1n) is 4.99. The molecule has 2 rings (SSSR count). The highest BCUT2D eigenvalue weighted by Crippen LogP contribution is 2.23. The van der Waals surface area contributed by atoms with E-state index in [1.54, 1.807) is 31.5 Å². The van der Waals surface area contributed by atoms with Gasteiger partial charge in [0, 0.05) is 6.20 Å². The molecule has 5 heteroatoms. The number of aromatic nitrogens is 1. The maximum absolute atomic E-state index is 11.8. The second-order valence-corrected chi connectivity index (χ2v) is 3.82. The van der Waals surface area contributed by atoms with Crippen molar-refractivity contribution in [2.45, 2.75) is 0 Å². The first-order chi connectivity index (χ1) is 8.20. The van der Waals surface area contributed by atoms with Crippen molar-refractivity contribution in [3.05, 3.63) is 47.2 Å². The molecule has 4 nitrogen and oxygen atoms in total. The first-order valence-corrected chi connectivity index (χ1v) is 5.37. The van der Waals surface area contributed by atoms with E-state index in [4.69, 9.17) is 16.3 Å². The molecule has 2 N–H and O–H groups in total. The third kappa shape index (κ3) is 2.60. The summed E-state index contributed by atoms with van der Waals surface area (Å²) in [5.74, 6) is 0.347. The number of amides is 1. The van der Waals surface area contributed by atoms with Gasteiger partial charge in [-0.2, -0.15) is 0 Å². The summed E-state index contributed by atoms with van der Waals surface area (Å²) < 4.78 is 5.14. The van der Waals surface area contributed by atoms with Crippen molar-refractivity contribution in [2.24, 2.45) is 0 Å². The number of anilines is 1. The Morgan fingerprint density at radius 1 is 1.41 bits per heavy atom. The highest BCUT2D eigenvalue weighted by molar-refractivity contribution is 6.31. The first kappa shape index (κ1) is 11.5. The largest absolute Gasteiger partial charge is 0.495 e. The fraction of sp³-hybridized carbons (Fsp3) is 0.0833. The van der Waals surface area contributed by atoms with Gasteiger partial charge in [-0.25, -0.2) is 0 Å². The SMILES string of the molecule is COc1ccccc1NC(=O)c1cc(Cl)c[nH]1. The number of carbonyl (C=O) groups excluding carboxylic acids is 1. The molecule has 0 spiro atoms. The molecule has 0 aliphatic heterocycles. The summed E-state index contributed by atoms with van der Waals surface area (Å²) >= 11 is 5.73. The molecular formula is C12H11ClN2O2. The third-order valence-electron chi connectivity index (χ3n) is 2.25. The Hall–Kier alpha value is -1.94. The lowest BCUT2D eigenvalue weighted by molar-refractivity contribution is 0.102. The van der Waals surface area contributed by atoms with Crippen molar-refractivity contribution in [1.29, 1.82) is 0 Å². The molecule has 0 unspecified atom stereocenters. The number of halogens is 1. The number of aromatic amines is 1. The Kier molecular flexibility index (Phi) is 3.35. The van der Waals surface area contributed by atoms with Crippen LogP contribution in [-0.2, 0) is 0 Å². The monoisotopic (exact) mass is 250 g/mol. The summed E-state index contributed by atoms with van der Waals surface area (Å²) in [5.41, 5.74) is 1.02. The van der Waals surface area contributed by atoms with Crippen molar-refractivity contribution in [3.63, 3.8) is 0 Å². The van der Waals surface area contributed by atoms with E-state index < -0.39 is 0 Å². The zero-order valence-corrected chi connectivity index (χ0v) is 9.91. The summed E-state index contributed by atoms with van der Waals surface area (Å²) in [6.07, 6.45) is 1.55. The molecule has 0 fully saturated rings. The van der Waals surface area contributed by atoms with Crippen LogP contribution in [0.15, 0.2) is 36.5 Å². The molecule has 0 bridgehead atoms. The molecule has 1 amide bonds. The standard InChI is InChI=1S/C12H11ClN2O2/c1-17-11-5-3-2-4-9(11)15-12(16)10-6-8(13)7-14-10/h2-7,14H,1H3,(H,15,16). The normalized spacial score (nSPS) is 10.0. The Morgan fingerprint density at radius 2 is 2.18 bits per heavy atom.